The summed E-state index contributed by atoms with van der Waals surface area (Å²) in [7, 11) is 2.06. The van der Waals surface area contributed by atoms with E-state index in [4.69, 9.17) is 0 Å². The molecule has 0 atom stereocenters. The van der Waals surface area contributed by atoms with Crippen molar-refractivity contribution in [2.75, 3.05) is 56.5 Å². The second-order valence-corrected chi connectivity index (χ2v) is 8.85. The van der Waals surface area contributed by atoms with Gasteiger partial charge >= 0.3 is 0 Å². The Bertz CT molecular complexity index is 1190. The molecule has 0 saturated carbocycles. The van der Waals surface area contributed by atoms with Gasteiger partial charge in [-0.15, -0.1) is 0 Å². The number of carbonyl (C=O) groups excluding carboxylic acids is 1. The van der Waals surface area contributed by atoms with Crippen LogP contribution in [0.25, 0.3) is 11.1 Å². The smallest absolute Gasteiger partial charge is 0.253 e. The highest BCUT2D eigenvalue weighted by Gasteiger charge is 2.22. The van der Waals surface area contributed by atoms with Crippen molar-refractivity contribution in [3.05, 3.63) is 77.5 Å². The van der Waals surface area contributed by atoms with Gasteiger partial charge in [0.15, 0.2) is 0 Å². The van der Waals surface area contributed by atoms with Crippen LogP contribution in [0.1, 0.15) is 15.9 Å². The molecule has 2 aromatic carbocycles. The van der Waals surface area contributed by atoms with Gasteiger partial charge in [0.25, 0.3) is 5.91 Å². The van der Waals surface area contributed by atoms with Crippen LogP contribution in [0.2, 0.25) is 0 Å². The SMILES string of the molecule is CN1CCN(C(=O)c2ccc(-c3cnc4c(c3)N(Cc3cc(F)ccc3F)CCN4)cc2)CC1. The first-order chi connectivity index (χ1) is 16.5. The Morgan fingerprint density at radius 2 is 1.74 bits per heavy atom. The Hall–Kier alpha value is -3.52. The maximum absolute atomic E-state index is 14.2. The fourth-order valence-corrected chi connectivity index (χ4v) is 4.45. The van der Waals surface area contributed by atoms with E-state index < -0.39 is 11.6 Å². The van der Waals surface area contributed by atoms with Crippen LogP contribution in [0.5, 0.6) is 0 Å². The Morgan fingerprint density at radius 1 is 0.971 bits per heavy atom. The molecule has 5 rings (SSSR count). The number of halogens is 2. The van der Waals surface area contributed by atoms with Crippen molar-refractivity contribution in [2.24, 2.45) is 0 Å². The van der Waals surface area contributed by atoms with Crippen molar-refractivity contribution in [1.29, 1.82) is 0 Å². The van der Waals surface area contributed by atoms with Gasteiger partial charge in [-0.1, -0.05) is 12.1 Å². The van der Waals surface area contributed by atoms with Crippen molar-refractivity contribution in [3.63, 3.8) is 0 Å². The Labute approximate surface area is 197 Å². The zero-order chi connectivity index (χ0) is 23.7. The average molecular weight is 464 g/mol. The van der Waals surface area contributed by atoms with E-state index in [1.807, 2.05) is 40.1 Å². The van der Waals surface area contributed by atoms with Crippen molar-refractivity contribution in [3.8, 4) is 11.1 Å². The molecule has 8 heteroatoms. The molecule has 1 fully saturated rings. The maximum Gasteiger partial charge on any atom is 0.253 e. The van der Waals surface area contributed by atoms with Gasteiger partial charge in [-0.2, -0.15) is 0 Å². The van der Waals surface area contributed by atoms with Crippen LogP contribution in [-0.2, 0) is 6.54 Å². The number of nitrogens with zero attached hydrogens (tertiary/aromatic N) is 4. The van der Waals surface area contributed by atoms with Gasteiger partial charge in [0, 0.05) is 68.7 Å². The topological polar surface area (TPSA) is 51.7 Å². The maximum atomic E-state index is 14.2. The van der Waals surface area contributed by atoms with E-state index in [9.17, 15) is 13.6 Å². The Morgan fingerprint density at radius 3 is 2.50 bits per heavy atom. The third kappa shape index (κ3) is 4.59. The monoisotopic (exact) mass is 463 g/mol. The minimum absolute atomic E-state index is 0.0516. The third-order valence-corrected chi connectivity index (χ3v) is 6.51. The zero-order valence-corrected chi connectivity index (χ0v) is 19.1. The highest BCUT2D eigenvalue weighted by Crippen LogP contribution is 2.33. The van der Waals surface area contributed by atoms with Gasteiger partial charge in [0.2, 0.25) is 0 Å². The molecular weight excluding hydrogens is 436 g/mol. The Balaban J connectivity index is 1.36. The summed E-state index contributed by atoms with van der Waals surface area (Å²) in [6, 6.07) is 13.1. The molecule has 2 aliphatic rings. The standard InChI is InChI=1S/C26H27F2N5O/c1-31-10-12-32(13-11-31)26(34)19-4-2-18(3-5-19)20-15-24-25(30-16-20)29-8-9-33(24)17-21-14-22(27)6-7-23(21)28/h2-7,14-16H,8-13,17H2,1H3,(H,29,30). The summed E-state index contributed by atoms with van der Waals surface area (Å²) in [5, 5.41) is 3.27. The van der Waals surface area contributed by atoms with E-state index in [-0.39, 0.29) is 12.5 Å². The quantitative estimate of drug-likeness (QED) is 0.637. The first-order valence-electron chi connectivity index (χ1n) is 11.5. The molecule has 3 heterocycles. The molecule has 0 aliphatic carbocycles. The van der Waals surface area contributed by atoms with E-state index in [1.165, 1.54) is 6.07 Å². The number of carbonyl (C=O) groups is 1. The molecule has 1 saturated heterocycles. The number of nitrogens with one attached hydrogen (secondary N) is 1. The number of pyridine rings is 1. The van der Waals surface area contributed by atoms with Gasteiger partial charge in [-0.05, 0) is 49.0 Å². The first kappa shape index (κ1) is 22.3. The van der Waals surface area contributed by atoms with Crippen LogP contribution in [0.4, 0.5) is 20.3 Å². The fraction of sp³-hybridized carbons (Fsp3) is 0.308. The van der Waals surface area contributed by atoms with Crippen molar-refractivity contribution in [1.82, 2.24) is 14.8 Å². The molecule has 3 aromatic rings. The largest absolute Gasteiger partial charge is 0.367 e. The molecule has 1 N–H and O–H groups in total. The summed E-state index contributed by atoms with van der Waals surface area (Å²) >= 11 is 0. The molecular formula is C26H27F2N5O. The summed E-state index contributed by atoms with van der Waals surface area (Å²) in [5.74, 6) is -0.111. The lowest BCUT2D eigenvalue weighted by molar-refractivity contribution is 0.0664. The number of aromatic nitrogens is 1. The van der Waals surface area contributed by atoms with Crippen LogP contribution in [0.3, 0.4) is 0 Å². The van der Waals surface area contributed by atoms with Crippen LogP contribution in [-0.4, -0.2) is 67.0 Å². The summed E-state index contributed by atoms with van der Waals surface area (Å²) in [5.41, 5.74) is 3.65. The third-order valence-electron chi connectivity index (χ3n) is 6.51. The van der Waals surface area contributed by atoms with Crippen LogP contribution >= 0.6 is 0 Å². The number of fused-ring (bicyclic) bond motifs is 1. The van der Waals surface area contributed by atoms with Crippen molar-refractivity contribution < 1.29 is 13.6 Å². The number of piperazine rings is 1. The van der Waals surface area contributed by atoms with E-state index in [2.05, 4.69) is 22.2 Å². The lowest BCUT2D eigenvalue weighted by Gasteiger charge is -2.32. The molecule has 34 heavy (non-hydrogen) atoms. The summed E-state index contributed by atoms with van der Waals surface area (Å²) < 4.78 is 27.9. The van der Waals surface area contributed by atoms with Crippen molar-refractivity contribution >= 4 is 17.4 Å². The highest BCUT2D eigenvalue weighted by molar-refractivity contribution is 5.95. The van der Waals surface area contributed by atoms with Gasteiger partial charge in [-0.25, -0.2) is 13.8 Å². The minimum atomic E-state index is -0.454. The molecule has 0 bridgehead atoms. The lowest BCUT2D eigenvalue weighted by atomic mass is 10.0. The number of hydrogen-bond donors (Lipinski definition) is 1. The second kappa shape index (κ2) is 9.38. The Kier molecular flexibility index (Phi) is 6.15. The number of benzene rings is 2. The lowest BCUT2D eigenvalue weighted by Crippen LogP contribution is -2.47. The molecule has 0 spiro atoms. The molecule has 0 unspecified atom stereocenters. The number of hydrogen-bond acceptors (Lipinski definition) is 5. The van der Waals surface area contributed by atoms with E-state index in [0.29, 0.717) is 30.0 Å². The van der Waals surface area contributed by atoms with E-state index in [1.54, 1.807) is 6.20 Å². The van der Waals surface area contributed by atoms with E-state index in [0.717, 1.165) is 55.1 Å². The predicted octanol–water partition coefficient (Wildman–Crippen LogP) is 3.85. The van der Waals surface area contributed by atoms with Crippen LogP contribution < -0.4 is 10.2 Å². The van der Waals surface area contributed by atoms with Gasteiger partial charge in [-0.3, -0.25) is 4.79 Å². The van der Waals surface area contributed by atoms with E-state index >= 15 is 0 Å². The zero-order valence-electron chi connectivity index (χ0n) is 19.1. The summed E-state index contributed by atoms with van der Waals surface area (Å²) in [4.78, 5) is 23.5. The molecule has 2 aliphatic heterocycles. The number of likely N-dealkylation sites (N-methyl/N-ethyl adjacent to an activating group) is 1. The van der Waals surface area contributed by atoms with Gasteiger partial charge in [0.1, 0.15) is 17.5 Å². The van der Waals surface area contributed by atoms with Gasteiger partial charge in [0.05, 0.1) is 5.69 Å². The fourth-order valence-electron chi connectivity index (χ4n) is 4.45. The predicted molar refractivity (Wildman–Crippen MR) is 129 cm³/mol. The summed E-state index contributed by atoms with van der Waals surface area (Å²) in [6.07, 6.45) is 1.79. The van der Waals surface area contributed by atoms with Crippen LogP contribution in [0.15, 0.2) is 54.7 Å². The number of rotatable bonds is 4. The van der Waals surface area contributed by atoms with Crippen molar-refractivity contribution in [2.45, 2.75) is 6.54 Å². The molecule has 1 amide bonds. The second-order valence-electron chi connectivity index (χ2n) is 8.85. The average Bonchev–Trinajstić information content (AvgIpc) is 2.86. The normalized spacial score (nSPS) is 16.2. The summed E-state index contributed by atoms with van der Waals surface area (Å²) in [6.45, 7) is 4.80. The first-order valence-corrected chi connectivity index (χ1v) is 11.5. The molecule has 176 valence electrons. The van der Waals surface area contributed by atoms with Crippen LogP contribution in [0, 0.1) is 11.6 Å². The number of anilines is 2. The van der Waals surface area contributed by atoms with Gasteiger partial charge < -0.3 is 20.0 Å². The molecule has 1 aromatic heterocycles. The molecule has 0 radical (unpaired) electrons. The number of amides is 1. The molecule has 6 nitrogen and oxygen atoms in total. The minimum Gasteiger partial charge on any atom is -0.367 e. The highest BCUT2D eigenvalue weighted by atomic mass is 19.1.